The number of nitrogens with one attached hydrogen (secondary N) is 1. The van der Waals surface area contributed by atoms with E-state index >= 15 is 0 Å². The van der Waals surface area contributed by atoms with Crippen LogP contribution in [0.4, 0.5) is 0 Å². The third-order valence-corrected chi connectivity index (χ3v) is 4.92. The third kappa shape index (κ3) is 4.36. The summed E-state index contributed by atoms with van der Waals surface area (Å²) in [6.45, 7) is 3.37. The fourth-order valence-electron chi connectivity index (χ4n) is 3.22. The van der Waals surface area contributed by atoms with Gasteiger partial charge in [-0.3, -0.25) is 4.98 Å². The molecule has 2 aromatic rings. The third-order valence-electron chi connectivity index (χ3n) is 4.62. The van der Waals surface area contributed by atoms with Gasteiger partial charge in [0, 0.05) is 23.8 Å². The van der Waals surface area contributed by atoms with Gasteiger partial charge >= 0.3 is 0 Å². The van der Waals surface area contributed by atoms with Crippen molar-refractivity contribution in [3.63, 3.8) is 0 Å². The van der Waals surface area contributed by atoms with Crippen molar-refractivity contribution in [2.45, 2.75) is 57.6 Å². The first-order chi connectivity index (χ1) is 11.3. The zero-order valence-corrected chi connectivity index (χ0v) is 14.5. The molecular formula is C19H25ClN2O. The summed E-state index contributed by atoms with van der Waals surface area (Å²) in [7, 11) is 0. The molecule has 1 aliphatic rings. The molecule has 0 bridgehead atoms. The van der Waals surface area contributed by atoms with Gasteiger partial charge in [0.1, 0.15) is 5.75 Å². The summed E-state index contributed by atoms with van der Waals surface area (Å²) >= 11 is 6.37. The number of fused-ring (bicyclic) bond motifs is 1. The molecule has 3 rings (SSSR count). The fourth-order valence-corrected chi connectivity index (χ4v) is 3.44. The van der Waals surface area contributed by atoms with Crippen molar-refractivity contribution < 1.29 is 4.74 Å². The zero-order chi connectivity index (χ0) is 16.1. The highest BCUT2D eigenvalue weighted by Gasteiger charge is 2.22. The molecule has 4 heteroatoms. The summed E-state index contributed by atoms with van der Waals surface area (Å²) in [5.74, 6) is 0.799. The Kier molecular flexibility index (Phi) is 5.74. The Morgan fingerprint density at radius 1 is 1.22 bits per heavy atom. The normalized spacial score (nSPS) is 21.5. The van der Waals surface area contributed by atoms with E-state index < -0.39 is 0 Å². The van der Waals surface area contributed by atoms with Gasteiger partial charge in [-0.15, -0.1) is 0 Å². The smallest absolute Gasteiger partial charge is 0.138 e. The number of nitrogens with zero attached hydrogens (tertiary/aromatic N) is 1. The van der Waals surface area contributed by atoms with E-state index in [2.05, 4.69) is 17.2 Å². The summed E-state index contributed by atoms with van der Waals surface area (Å²) in [4.78, 5) is 4.13. The first kappa shape index (κ1) is 16.5. The number of aromatic nitrogens is 1. The van der Waals surface area contributed by atoms with Crippen LogP contribution in [0.2, 0.25) is 5.02 Å². The van der Waals surface area contributed by atoms with Crippen molar-refractivity contribution in [2.24, 2.45) is 0 Å². The van der Waals surface area contributed by atoms with Gasteiger partial charge in [-0.05, 0) is 62.2 Å². The highest BCUT2D eigenvalue weighted by molar-refractivity contribution is 6.32. The molecule has 1 N–H and O–H groups in total. The Morgan fingerprint density at radius 3 is 2.83 bits per heavy atom. The van der Waals surface area contributed by atoms with E-state index in [-0.39, 0.29) is 6.10 Å². The highest BCUT2D eigenvalue weighted by Crippen LogP contribution is 2.32. The van der Waals surface area contributed by atoms with E-state index in [1.54, 1.807) is 6.20 Å². The van der Waals surface area contributed by atoms with Gasteiger partial charge in [-0.25, -0.2) is 0 Å². The number of benzene rings is 1. The summed E-state index contributed by atoms with van der Waals surface area (Å²) in [6, 6.07) is 6.62. The quantitative estimate of drug-likeness (QED) is 0.758. The van der Waals surface area contributed by atoms with E-state index in [4.69, 9.17) is 16.3 Å². The van der Waals surface area contributed by atoms with Crippen LogP contribution >= 0.6 is 11.6 Å². The summed E-state index contributed by atoms with van der Waals surface area (Å²) in [5, 5.41) is 6.50. The van der Waals surface area contributed by atoms with Gasteiger partial charge in [0.2, 0.25) is 0 Å². The molecule has 3 nitrogen and oxygen atoms in total. The van der Waals surface area contributed by atoms with Gasteiger partial charge in [0.05, 0.1) is 11.1 Å². The van der Waals surface area contributed by atoms with Gasteiger partial charge in [-0.1, -0.05) is 24.9 Å². The molecule has 124 valence electrons. The van der Waals surface area contributed by atoms with Crippen molar-refractivity contribution in [1.82, 2.24) is 10.3 Å². The molecule has 0 spiro atoms. The number of ether oxygens (including phenoxy) is 1. The maximum Gasteiger partial charge on any atom is 0.138 e. The second-order valence-electron chi connectivity index (χ2n) is 6.40. The van der Waals surface area contributed by atoms with Crippen LogP contribution in [0.15, 0.2) is 30.6 Å². The van der Waals surface area contributed by atoms with E-state index in [1.807, 2.05) is 24.4 Å². The standard InChI is InChI=1S/C19H25ClN2O/c1-2-3-9-22-16-4-6-17(7-5-16)23-19-12-14-8-10-21-13-15(14)11-18(19)20/h8,10-13,16-17,22H,2-7,9H2,1H3/t16-,17+. The summed E-state index contributed by atoms with van der Waals surface area (Å²) < 4.78 is 6.19. The van der Waals surface area contributed by atoms with Crippen molar-refractivity contribution in [3.8, 4) is 5.75 Å². The molecule has 0 aliphatic heterocycles. The molecule has 0 unspecified atom stereocenters. The maximum atomic E-state index is 6.37. The van der Waals surface area contributed by atoms with E-state index in [1.165, 1.54) is 25.7 Å². The molecule has 1 heterocycles. The molecule has 0 saturated heterocycles. The number of rotatable bonds is 6. The molecule has 0 radical (unpaired) electrons. The number of pyridine rings is 1. The molecule has 0 amide bonds. The molecule has 1 aliphatic carbocycles. The second kappa shape index (κ2) is 7.98. The molecule has 1 aromatic heterocycles. The van der Waals surface area contributed by atoms with Crippen LogP contribution < -0.4 is 10.1 Å². The number of hydrogen-bond acceptors (Lipinski definition) is 3. The Bertz CT molecular complexity index is 638. The lowest BCUT2D eigenvalue weighted by Crippen LogP contribution is -2.36. The number of unbranched alkanes of at least 4 members (excludes halogenated alkanes) is 1. The predicted molar refractivity (Wildman–Crippen MR) is 96.3 cm³/mol. The molecule has 23 heavy (non-hydrogen) atoms. The average molecular weight is 333 g/mol. The Hall–Kier alpha value is -1.32. The monoisotopic (exact) mass is 332 g/mol. The molecule has 0 atom stereocenters. The van der Waals surface area contributed by atoms with Crippen molar-refractivity contribution in [2.75, 3.05) is 6.54 Å². The minimum atomic E-state index is 0.274. The average Bonchev–Trinajstić information content (AvgIpc) is 2.57. The van der Waals surface area contributed by atoms with Crippen LogP contribution in [0.25, 0.3) is 10.8 Å². The Balaban J connectivity index is 1.57. The minimum absolute atomic E-state index is 0.274. The van der Waals surface area contributed by atoms with Crippen LogP contribution in [0.1, 0.15) is 45.4 Å². The first-order valence-corrected chi connectivity index (χ1v) is 9.07. The van der Waals surface area contributed by atoms with Crippen molar-refractivity contribution in [3.05, 3.63) is 35.6 Å². The fraction of sp³-hybridized carbons (Fsp3) is 0.526. The van der Waals surface area contributed by atoms with Crippen molar-refractivity contribution >= 4 is 22.4 Å². The van der Waals surface area contributed by atoms with Crippen LogP contribution in [0.3, 0.4) is 0 Å². The van der Waals surface area contributed by atoms with Gasteiger partial charge in [0.15, 0.2) is 0 Å². The molecule has 1 aromatic carbocycles. The molecule has 1 saturated carbocycles. The topological polar surface area (TPSA) is 34.1 Å². The van der Waals surface area contributed by atoms with Crippen LogP contribution in [0, 0.1) is 0 Å². The highest BCUT2D eigenvalue weighted by atomic mass is 35.5. The summed E-state index contributed by atoms with van der Waals surface area (Å²) in [6.07, 6.45) is 11.0. The van der Waals surface area contributed by atoms with Gasteiger partial charge in [0.25, 0.3) is 0 Å². The lowest BCUT2D eigenvalue weighted by molar-refractivity contribution is 0.140. The largest absolute Gasteiger partial charge is 0.489 e. The second-order valence-corrected chi connectivity index (χ2v) is 6.81. The Morgan fingerprint density at radius 2 is 2.04 bits per heavy atom. The van der Waals surface area contributed by atoms with Gasteiger partial charge in [-0.2, -0.15) is 0 Å². The Labute approximate surface area is 143 Å². The summed E-state index contributed by atoms with van der Waals surface area (Å²) in [5.41, 5.74) is 0. The lowest BCUT2D eigenvalue weighted by Gasteiger charge is -2.30. The van der Waals surface area contributed by atoms with Crippen LogP contribution in [-0.2, 0) is 0 Å². The van der Waals surface area contributed by atoms with E-state index in [0.29, 0.717) is 11.1 Å². The predicted octanol–water partition coefficient (Wildman–Crippen LogP) is 4.97. The molecule has 1 fully saturated rings. The maximum absolute atomic E-state index is 6.37. The number of hydrogen-bond donors (Lipinski definition) is 1. The van der Waals surface area contributed by atoms with Crippen molar-refractivity contribution in [1.29, 1.82) is 0 Å². The van der Waals surface area contributed by atoms with E-state index in [9.17, 15) is 0 Å². The molecular weight excluding hydrogens is 308 g/mol. The van der Waals surface area contributed by atoms with Gasteiger partial charge < -0.3 is 10.1 Å². The first-order valence-electron chi connectivity index (χ1n) is 8.69. The van der Waals surface area contributed by atoms with Crippen LogP contribution in [-0.4, -0.2) is 23.7 Å². The zero-order valence-electron chi connectivity index (χ0n) is 13.7. The van der Waals surface area contributed by atoms with E-state index in [0.717, 1.165) is 35.9 Å². The minimum Gasteiger partial charge on any atom is -0.489 e. The number of halogens is 1. The SMILES string of the molecule is CCCCN[C@H]1CC[C@@H](Oc2cc3ccncc3cc2Cl)CC1. The van der Waals surface area contributed by atoms with Crippen LogP contribution in [0.5, 0.6) is 5.75 Å². The lowest BCUT2D eigenvalue weighted by atomic mass is 9.93.